The maximum absolute atomic E-state index is 13.5. The van der Waals surface area contributed by atoms with Crippen molar-refractivity contribution in [2.24, 2.45) is 0 Å². The van der Waals surface area contributed by atoms with E-state index in [1.807, 2.05) is 6.07 Å². The molecule has 0 atom stereocenters. The summed E-state index contributed by atoms with van der Waals surface area (Å²) in [6.07, 6.45) is 3.65. The van der Waals surface area contributed by atoms with Gasteiger partial charge in [-0.2, -0.15) is 0 Å². The van der Waals surface area contributed by atoms with Crippen LogP contribution in [0.25, 0.3) is 0 Å². The number of ether oxygens (including phenoxy) is 1. The number of hydrogen-bond acceptors (Lipinski definition) is 3. The van der Waals surface area contributed by atoms with Gasteiger partial charge in [-0.3, -0.25) is 0 Å². The van der Waals surface area contributed by atoms with Gasteiger partial charge in [-0.15, -0.1) is 0 Å². The maximum atomic E-state index is 13.5. The van der Waals surface area contributed by atoms with Crippen LogP contribution >= 0.6 is 0 Å². The molecule has 2 rings (SSSR count). The highest BCUT2D eigenvalue weighted by Crippen LogP contribution is 2.14. The zero-order chi connectivity index (χ0) is 18.8. The maximum Gasteiger partial charge on any atom is 0.315 e. The molecule has 5 nitrogen and oxygen atoms in total. The third-order valence-electron chi connectivity index (χ3n) is 3.75. The highest BCUT2D eigenvalue weighted by Gasteiger charge is 2.10. The van der Waals surface area contributed by atoms with Crippen LogP contribution in [0.4, 0.5) is 13.6 Å². The lowest BCUT2D eigenvalue weighted by atomic mass is 10.1. The normalized spacial score (nSPS) is 10.4. The van der Waals surface area contributed by atoms with Gasteiger partial charge in [0, 0.05) is 30.4 Å². The largest absolute Gasteiger partial charge is 0.477 e. The summed E-state index contributed by atoms with van der Waals surface area (Å²) in [5.41, 5.74) is 0.727. The van der Waals surface area contributed by atoms with Gasteiger partial charge in [0.1, 0.15) is 11.6 Å². The minimum atomic E-state index is -0.614. The fraction of sp³-hybridized carbons (Fsp3) is 0.368. The van der Waals surface area contributed by atoms with Crippen LogP contribution in [-0.4, -0.2) is 24.2 Å². The van der Waals surface area contributed by atoms with Crippen LogP contribution < -0.4 is 15.4 Å². The molecule has 26 heavy (non-hydrogen) atoms. The minimum Gasteiger partial charge on any atom is -0.477 e. The molecule has 0 fully saturated rings. The monoisotopic (exact) mass is 363 g/mol. The fourth-order valence-corrected chi connectivity index (χ4v) is 2.31. The number of carbonyl (C=O) groups excluding carboxylic acids is 1. The Balaban J connectivity index is 1.78. The summed E-state index contributed by atoms with van der Waals surface area (Å²) in [6.45, 7) is 3.01. The van der Waals surface area contributed by atoms with Crippen molar-refractivity contribution in [2.45, 2.75) is 32.7 Å². The molecule has 0 aliphatic rings. The van der Waals surface area contributed by atoms with Gasteiger partial charge >= 0.3 is 6.03 Å². The molecule has 1 aromatic heterocycles. The average molecular weight is 363 g/mol. The number of amides is 2. The van der Waals surface area contributed by atoms with Gasteiger partial charge in [-0.1, -0.05) is 25.5 Å². The number of nitrogens with zero attached hydrogens (tertiary/aromatic N) is 1. The summed E-state index contributed by atoms with van der Waals surface area (Å²) >= 11 is 0. The van der Waals surface area contributed by atoms with Gasteiger partial charge in [0.15, 0.2) is 0 Å². The van der Waals surface area contributed by atoms with Crippen molar-refractivity contribution in [2.75, 3.05) is 13.2 Å². The minimum absolute atomic E-state index is 0.0355. The number of benzene rings is 1. The molecule has 1 aromatic carbocycles. The van der Waals surface area contributed by atoms with Crippen LogP contribution in [0.5, 0.6) is 5.88 Å². The molecule has 7 heteroatoms. The Morgan fingerprint density at radius 1 is 1.15 bits per heavy atom. The van der Waals surface area contributed by atoms with E-state index in [1.165, 1.54) is 18.2 Å². The average Bonchev–Trinajstić information content (AvgIpc) is 2.63. The number of aromatic nitrogens is 1. The van der Waals surface area contributed by atoms with Gasteiger partial charge in [0.2, 0.25) is 5.88 Å². The van der Waals surface area contributed by atoms with E-state index in [9.17, 15) is 13.6 Å². The van der Waals surface area contributed by atoms with Crippen LogP contribution in [0, 0.1) is 11.6 Å². The van der Waals surface area contributed by atoms with Crippen molar-refractivity contribution in [3.8, 4) is 5.88 Å². The second kappa shape index (κ2) is 10.3. The van der Waals surface area contributed by atoms with Gasteiger partial charge in [-0.25, -0.2) is 18.6 Å². The first-order valence-electron chi connectivity index (χ1n) is 8.63. The van der Waals surface area contributed by atoms with Crippen molar-refractivity contribution in [1.29, 1.82) is 0 Å². The number of carbonyl (C=O) groups is 1. The van der Waals surface area contributed by atoms with Gasteiger partial charge < -0.3 is 15.4 Å². The Labute approximate surface area is 151 Å². The van der Waals surface area contributed by atoms with Crippen LogP contribution in [-0.2, 0) is 13.0 Å². The van der Waals surface area contributed by atoms with Crippen LogP contribution in [0.15, 0.2) is 36.5 Å². The molecule has 0 saturated carbocycles. The summed E-state index contributed by atoms with van der Waals surface area (Å²) in [5.74, 6) is -0.734. The standard InChI is InChI=1S/C19H23F2N3O2/c1-2-3-12-26-18-14(6-5-10-22-18)13-24-19(25)23-11-9-15-16(20)7-4-8-17(15)21/h4-8,10H,2-3,9,11-13H2,1H3,(H2,23,24,25). The van der Waals surface area contributed by atoms with Crippen LogP contribution in [0.3, 0.4) is 0 Å². The fourth-order valence-electron chi connectivity index (χ4n) is 2.31. The number of rotatable bonds is 9. The number of halogens is 2. The van der Waals surface area contributed by atoms with E-state index in [2.05, 4.69) is 22.5 Å². The summed E-state index contributed by atoms with van der Waals surface area (Å²) in [6, 6.07) is 6.86. The molecule has 0 radical (unpaired) electrons. The molecule has 140 valence electrons. The molecule has 2 aromatic rings. The molecule has 0 aliphatic carbocycles. The van der Waals surface area contributed by atoms with Crippen molar-refractivity contribution in [3.05, 3.63) is 59.3 Å². The van der Waals surface area contributed by atoms with Crippen molar-refractivity contribution < 1.29 is 18.3 Å². The number of unbranched alkanes of at least 4 members (excludes halogenated alkanes) is 1. The molecule has 0 unspecified atom stereocenters. The first-order valence-corrected chi connectivity index (χ1v) is 8.63. The SMILES string of the molecule is CCCCOc1ncccc1CNC(=O)NCCc1c(F)cccc1F. The lowest BCUT2D eigenvalue weighted by Gasteiger charge is -2.11. The highest BCUT2D eigenvalue weighted by atomic mass is 19.1. The van der Waals surface area contributed by atoms with Crippen LogP contribution in [0.2, 0.25) is 0 Å². The smallest absolute Gasteiger partial charge is 0.315 e. The topological polar surface area (TPSA) is 63.2 Å². The summed E-state index contributed by atoms with van der Waals surface area (Å²) in [5, 5.41) is 5.27. The van der Waals surface area contributed by atoms with Crippen molar-refractivity contribution >= 4 is 6.03 Å². The summed E-state index contributed by atoms with van der Waals surface area (Å²) < 4.78 is 32.7. The summed E-state index contributed by atoms with van der Waals surface area (Å²) in [7, 11) is 0. The molecule has 0 saturated heterocycles. The molecular weight excluding hydrogens is 340 g/mol. The Morgan fingerprint density at radius 2 is 1.92 bits per heavy atom. The number of hydrogen-bond donors (Lipinski definition) is 2. The number of urea groups is 1. The Kier molecular flexibility index (Phi) is 7.79. The predicted molar refractivity (Wildman–Crippen MR) is 94.9 cm³/mol. The van der Waals surface area contributed by atoms with E-state index in [0.29, 0.717) is 12.5 Å². The quantitative estimate of drug-likeness (QED) is 0.670. The molecule has 2 N–H and O–H groups in total. The van der Waals surface area contributed by atoms with Crippen molar-refractivity contribution in [1.82, 2.24) is 15.6 Å². The zero-order valence-electron chi connectivity index (χ0n) is 14.7. The third-order valence-corrected chi connectivity index (χ3v) is 3.75. The van der Waals surface area contributed by atoms with E-state index < -0.39 is 17.7 Å². The lowest BCUT2D eigenvalue weighted by Crippen LogP contribution is -2.36. The predicted octanol–water partition coefficient (Wildman–Crippen LogP) is 3.58. The van der Waals surface area contributed by atoms with Gasteiger partial charge in [0.25, 0.3) is 0 Å². The lowest BCUT2D eigenvalue weighted by molar-refractivity contribution is 0.240. The van der Waals surface area contributed by atoms with E-state index in [-0.39, 0.29) is 25.1 Å². The second-order valence-corrected chi connectivity index (χ2v) is 5.73. The van der Waals surface area contributed by atoms with E-state index in [4.69, 9.17) is 4.74 Å². The Morgan fingerprint density at radius 3 is 2.65 bits per heavy atom. The molecule has 0 spiro atoms. The third kappa shape index (κ3) is 5.98. The van der Waals surface area contributed by atoms with E-state index in [1.54, 1.807) is 12.3 Å². The molecule has 0 aliphatic heterocycles. The number of nitrogens with one attached hydrogen (secondary N) is 2. The van der Waals surface area contributed by atoms with Gasteiger partial charge in [0.05, 0.1) is 6.61 Å². The first-order chi connectivity index (χ1) is 12.6. The first kappa shape index (κ1) is 19.6. The molecule has 2 amide bonds. The highest BCUT2D eigenvalue weighted by molar-refractivity contribution is 5.73. The van der Waals surface area contributed by atoms with E-state index >= 15 is 0 Å². The van der Waals surface area contributed by atoms with E-state index in [0.717, 1.165) is 18.4 Å². The number of pyridine rings is 1. The summed E-state index contributed by atoms with van der Waals surface area (Å²) in [4.78, 5) is 16.0. The molecule has 1 heterocycles. The second-order valence-electron chi connectivity index (χ2n) is 5.73. The Hall–Kier alpha value is -2.70. The molecular formula is C19H23F2N3O2. The molecule has 0 bridgehead atoms. The Bertz CT molecular complexity index is 705. The van der Waals surface area contributed by atoms with Crippen molar-refractivity contribution in [3.63, 3.8) is 0 Å². The van der Waals surface area contributed by atoms with Crippen LogP contribution in [0.1, 0.15) is 30.9 Å². The zero-order valence-corrected chi connectivity index (χ0v) is 14.7. The van der Waals surface area contributed by atoms with Gasteiger partial charge in [-0.05, 0) is 31.0 Å².